The van der Waals surface area contributed by atoms with Crippen molar-refractivity contribution in [1.82, 2.24) is 0 Å². The number of rotatable bonds is 2. The van der Waals surface area contributed by atoms with Crippen molar-refractivity contribution in [3.05, 3.63) is 45.5 Å². The van der Waals surface area contributed by atoms with Gasteiger partial charge in [-0.25, -0.2) is 4.79 Å². The van der Waals surface area contributed by atoms with Crippen LogP contribution in [0.4, 0.5) is 5.69 Å². The summed E-state index contributed by atoms with van der Waals surface area (Å²) in [7, 11) is 0. The molecule has 5 nitrogen and oxygen atoms in total. The number of nitro groups is 1. The Bertz CT molecular complexity index is 461. The van der Waals surface area contributed by atoms with Crippen LogP contribution in [0.5, 0.6) is 0 Å². The quantitative estimate of drug-likeness (QED) is 0.330. The summed E-state index contributed by atoms with van der Waals surface area (Å²) < 4.78 is 4.78. The Morgan fingerprint density at radius 3 is 2.50 bits per heavy atom. The number of carbonyl (C=O) groups is 1. The van der Waals surface area contributed by atoms with Gasteiger partial charge in [0, 0.05) is 24.1 Å². The zero-order chi connectivity index (χ0) is 11.5. The average Bonchev–Trinajstić information content (AvgIpc) is 2.65. The third-order valence-corrected chi connectivity index (χ3v) is 2.31. The Kier molecular flexibility index (Phi) is 2.68. The van der Waals surface area contributed by atoms with Crippen LogP contribution in [0, 0.1) is 10.1 Å². The van der Waals surface area contributed by atoms with Gasteiger partial charge in [0.2, 0.25) is 0 Å². The number of esters is 1. The predicted octanol–water partition coefficient (Wildman–Crippen LogP) is 1.93. The lowest BCUT2D eigenvalue weighted by Crippen LogP contribution is -1.94. The molecule has 0 aromatic heterocycles. The van der Waals surface area contributed by atoms with Crippen LogP contribution in [-0.4, -0.2) is 17.5 Å². The van der Waals surface area contributed by atoms with Gasteiger partial charge in [-0.1, -0.05) is 0 Å². The molecule has 1 aromatic carbocycles. The molecule has 16 heavy (non-hydrogen) atoms. The molecule has 0 unspecified atom stereocenters. The lowest BCUT2D eigenvalue weighted by atomic mass is 10.1. The lowest BCUT2D eigenvalue weighted by Gasteiger charge is -1.95. The molecule has 1 heterocycles. The minimum atomic E-state index is -0.458. The first-order valence-electron chi connectivity index (χ1n) is 4.79. The standard InChI is InChI=1S/C11H9NO4/c13-11-9(5-6-16-11)7-8-1-3-10(4-2-8)12(14)15/h1-4,7H,5-6H2. The molecule has 0 saturated carbocycles. The van der Waals surface area contributed by atoms with Crippen molar-refractivity contribution in [3.63, 3.8) is 0 Å². The van der Waals surface area contributed by atoms with E-state index in [0.717, 1.165) is 5.56 Å². The topological polar surface area (TPSA) is 69.4 Å². The molecule has 0 amide bonds. The molecule has 1 aliphatic heterocycles. The van der Waals surface area contributed by atoms with Crippen molar-refractivity contribution in [1.29, 1.82) is 0 Å². The van der Waals surface area contributed by atoms with Gasteiger partial charge >= 0.3 is 5.97 Å². The monoisotopic (exact) mass is 219 g/mol. The number of cyclic esters (lactones) is 1. The smallest absolute Gasteiger partial charge is 0.334 e. The summed E-state index contributed by atoms with van der Waals surface area (Å²) in [5, 5.41) is 10.4. The van der Waals surface area contributed by atoms with E-state index < -0.39 is 4.92 Å². The number of non-ortho nitro benzene ring substituents is 1. The highest BCUT2D eigenvalue weighted by Crippen LogP contribution is 2.19. The molecule has 0 atom stereocenters. The number of nitro benzene ring substituents is 1. The van der Waals surface area contributed by atoms with Gasteiger partial charge in [-0.2, -0.15) is 0 Å². The molecule has 82 valence electrons. The van der Waals surface area contributed by atoms with Crippen molar-refractivity contribution in [2.75, 3.05) is 6.61 Å². The van der Waals surface area contributed by atoms with Gasteiger partial charge in [-0.15, -0.1) is 0 Å². The van der Waals surface area contributed by atoms with Crippen LogP contribution in [0.3, 0.4) is 0 Å². The number of ether oxygens (including phenoxy) is 1. The summed E-state index contributed by atoms with van der Waals surface area (Å²) in [5.41, 5.74) is 1.41. The third-order valence-electron chi connectivity index (χ3n) is 2.31. The van der Waals surface area contributed by atoms with Crippen LogP contribution in [0.2, 0.25) is 0 Å². The van der Waals surface area contributed by atoms with Gasteiger partial charge in [-0.05, 0) is 23.8 Å². The Hall–Kier alpha value is -2.17. The highest BCUT2D eigenvalue weighted by Gasteiger charge is 2.18. The fraction of sp³-hybridized carbons (Fsp3) is 0.182. The minimum Gasteiger partial charge on any atom is -0.462 e. The van der Waals surface area contributed by atoms with E-state index in [0.29, 0.717) is 18.6 Å². The van der Waals surface area contributed by atoms with E-state index in [9.17, 15) is 14.9 Å². The molecule has 1 aliphatic rings. The van der Waals surface area contributed by atoms with Crippen molar-refractivity contribution >= 4 is 17.7 Å². The number of benzene rings is 1. The van der Waals surface area contributed by atoms with Crippen LogP contribution in [-0.2, 0) is 9.53 Å². The Morgan fingerprint density at radius 1 is 1.31 bits per heavy atom. The summed E-state index contributed by atoms with van der Waals surface area (Å²) >= 11 is 0. The van der Waals surface area contributed by atoms with Crippen molar-refractivity contribution in [2.24, 2.45) is 0 Å². The first-order chi connectivity index (χ1) is 7.66. The second-order valence-corrected chi connectivity index (χ2v) is 3.40. The molecule has 1 aromatic rings. The van der Waals surface area contributed by atoms with Crippen molar-refractivity contribution < 1.29 is 14.5 Å². The summed E-state index contributed by atoms with van der Waals surface area (Å²) in [4.78, 5) is 21.1. The minimum absolute atomic E-state index is 0.0381. The fourth-order valence-electron chi connectivity index (χ4n) is 1.47. The molecule has 2 rings (SSSR count). The fourth-order valence-corrected chi connectivity index (χ4v) is 1.47. The van der Waals surface area contributed by atoms with E-state index in [1.807, 2.05) is 0 Å². The third kappa shape index (κ3) is 2.08. The number of hydrogen-bond donors (Lipinski definition) is 0. The molecule has 0 aliphatic carbocycles. The number of carbonyl (C=O) groups excluding carboxylic acids is 1. The predicted molar refractivity (Wildman–Crippen MR) is 56.6 cm³/mol. The van der Waals surface area contributed by atoms with Gasteiger partial charge in [0.15, 0.2) is 0 Å². The Balaban J connectivity index is 2.22. The first-order valence-corrected chi connectivity index (χ1v) is 4.79. The van der Waals surface area contributed by atoms with Gasteiger partial charge in [-0.3, -0.25) is 10.1 Å². The Labute approximate surface area is 91.5 Å². The van der Waals surface area contributed by atoms with Crippen LogP contribution < -0.4 is 0 Å². The average molecular weight is 219 g/mol. The van der Waals surface area contributed by atoms with Crippen molar-refractivity contribution in [3.8, 4) is 0 Å². The van der Waals surface area contributed by atoms with Crippen LogP contribution in [0.15, 0.2) is 29.8 Å². The van der Waals surface area contributed by atoms with E-state index in [-0.39, 0.29) is 11.7 Å². The zero-order valence-corrected chi connectivity index (χ0v) is 8.38. The second kappa shape index (κ2) is 4.14. The van der Waals surface area contributed by atoms with Gasteiger partial charge in [0.1, 0.15) is 0 Å². The zero-order valence-electron chi connectivity index (χ0n) is 8.38. The van der Waals surface area contributed by atoms with E-state index in [1.54, 1.807) is 18.2 Å². The van der Waals surface area contributed by atoms with E-state index in [2.05, 4.69) is 0 Å². The normalized spacial score (nSPS) is 17.5. The molecule has 0 spiro atoms. The molecule has 1 fully saturated rings. The van der Waals surface area contributed by atoms with E-state index in [4.69, 9.17) is 4.74 Å². The maximum atomic E-state index is 11.2. The molecule has 0 radical (unpaired) electrons. The highest BCUT2D eigenvalue weighted by molar-refractivity contribution is 5.95. The summed E-state index contributed by atoms with van der Waals surface area (Å²) in [6.45, 7) is 0.414. The second-order valence-electron chi connectivity index (χ2n) is 3.40. The lowest BCUT2D eigenvalue weighted by molar-refractivity contribution is -0.384. The van der Waals surface area contributed by atoms with Crippen molar-refractivity contribution in [2.45, 2.75) is 6.42 Å². The first kappa shape index (κ1) is 10.4. The van der Waals surface area contributed by atoms with Gasteiger partial charge in [0.05, 0.1) is 11.5 Å². The van der Waals surface area contributed by atoms with Gasteiger partial charge < -0.3 is 4.74 Å². The maximum absolute atomic E-state index is 11.2. The van der Waals surface area contributed by atoms with E-state index in [1.165, 1.54) is 12.1 Å². The molecule has 1 saturated heterocycles. The Morgan fingerprint density at radius 2 is 2.00 bits per heavy atom. The maximum Gasteiger partial charge on any atom is 0.334 e. The van der Waals surface area contributed by atoms with Crippen LogP contribution in [0.25, 0.3) is 6.08 Å². The summed E-state index contributed by atoms with van der Waals surface area (Å²) in [6, 6.07) is 6.03. The van der Waals surface area contributed by atoms with E-state index >= 15 is 0 Å². The SMILES string of the molecule is O=C1OCCC1=Cc1ccc([N+](=O)[O-])cc1. The molecule has 0 bridgehead atoms. The number of nitrogens with zero attached hydrogens (tertiary/aromatic N) is 1. The summed E-state index contributed by atoms with van der Waals surface area (Å²) in [5.74, 6) is -0.307. The highest BCUT2D eigenvalue weighted by atomic mass is 16.6. The molecular formula is C11H9NO4. The van der Waals surface area contributed by atoms with Crippen LogP contribution in [0.1, 0.15) is 12.0 Å². The molecule has 0 N–H and O–H groups in total. The summed E-state index contributed by atoms with van der Waals surface area (Å²) in [6.07, 6.45) is 2.29. The number of hydrogen-bond acceptors (Lipinski definition) is 4. The van der Waals surface area contributed by atoms with Gasteiger partial charge in [0.25, 0.3) is 5.69 Å². The molecule has 5 heteroatoms. The molecular weight excluding hydrogens is 210 g/mol. The van der Waals surface area contributed by atoms with Crippen LogP contribution >= 0.6 is 0 Å². The largest absolute Gasteiger partial charge is 0.462 e.